The fourth-order valence-electron chi connectivity index (χ4n) is 0.824. The molecule has 0 aliphatic carbocycles. The summed E-state index contributed by atoms with van der Waals surface area (Å²) < 4.78 is 0. The molecule has 0 aliphatic rings. The topological polar surface area (TPSA) is 0 Å². The highest BCUT2D eigenvalue weighted by Crippen LogP contribution is 2.02. The van der Waals surface area contributed by atoms with Crippen molar-refractivity contribution < 1.29 is 0 Å². The third-order valence-corrected chi connectivity index (χ3v) is 1.53. The molecule has 1 aromatic rings. The molecule has 62 valence electrons. The molecular weight excluding hydrogens is 152 g/mol. The molecule has 11 heavy (non-hydrogen) atoms. The van der Waals surface area contributed by atoms with Crippen molar-refractivity contribution in [2.75, 3.05) is 6.26 Å². The average molecular weight is 168 g/mol. The van der Waals surface area contributed by atoms with Gasteiger partial charge >= 0.3 is 0 Å². The second-order valence-electron chi connectivity index (χ2n) is 2.34. The van der Waals surface area contributed by atoms with Crippen molar-refractivity contribution in [1.29, 1.82) is 0 Å². The maximum absolute atomic E-state index is 3.53. The Labute approximate surface area is 75.1 Å². The Bertz CT molecular complexity index is 177. The minimum absolute atomic E-state index is 1.14. The smallest absolute Gasteiger partial charge is 0.0215 e. The molecule has 0 unspecified atom stereocenters. The van der Waals surface area contributed by atoms with Crippen molar-refractivity contribution in [1.82, 2.24) is 0 Å². The molecular formula is C10H16S. The zero-order chi connectivity index (χ0) is 8.69. The van der Waals surface area contributed by atoms with E-state index in [1.54, 1.807) is 6.26 Å². The molecule has 0 amide bonds. The zero-order valence-corrected chi connectivity index (χ0v) is 8.36. The maximum Gasteiger partial charge on any atom is -0.0215 e. The number of hydrogen-bond donors (Lipinski definition) is 1. The predicted molar refractivity (Wildman–Crippen MR) is 55.5 cm³/mol. The van der Waals surface area contributed by atoms with Crippen molar-refractivity contribution in [3.05, 3.63) is 35.4 Å². The lowest BCUT2D eigenvalue weighted by atomic mass is 10.1. The molecule has 1 aromatic carbocycles. The van der Waals surface area contributed by atoms with Crippen LogP contribution in [0.1, 0.15) is 18.1 Å². The zero-order valence-electron chi connectivity index (χ0n) is 7.46. The molecule has 0 fully saturated rings. The summed E-state index contributed by atoms with van der Waals surface area (Å²) in [6, 6.07) is 8.66. The minimum atomic E-state index is 1.14. The lowest BCUT2D eigenvalue weighted by Gasteiger charge is -1.94. The summed E-state index contributed by atoms with van der Waals surface area (Å²) >= 11 is 3.53. The number of hydrogen-bond acceptors (Lipinski definition) is 1. The van der Waals surface area contributed by atoms with Gasteiger partial charge in [0.15, 0.2) is 0 Å². The fraction of sp³-hybridized carbons (Fsp3) is 0.400. The van der Waals surface area contributed by atoms with Gasteiger partial charge in [-0.2, -0.15) is 12.6 Å². The van der Waals surface area contributed by atoms with Crippen molar-refractivity contribution >= 4 is 12.6 Å². The van der Waals surface area contributed by atoms with Gasteiger partial charge in [0.1, 0.15) is 0 Å². The van der Waals surface area contributed by atoms with Crippen molar-refractivity contribution in [2.45, 2.75) is 20.3 Å². The molecule has 0 radical (unpaired) electrons. The SMILES string of the molecule is CCc1ccc(C)cc1.CS. The van der Waals surface area contributed by atoms with Crippen LogP contribution in [-0.4, -0.2) is 6.26 Å². The molecule has 0 N–H and O–H groups in total. The summed E-state index contributed by atoms with van der Waals surface area (Å²) in [4.78, 5) is 0. The van der Waals surface area contributed by atoms with Crippen LogP contribution in [0.4, 0.5) is 0 Å². The second kappa shape index (κ2) is 6.29. The highest BCUT2D eigenvalue weighted by molar-refractivity contribution is 7.79. The van der Waals surface area contributed by atoms with Crippen molar-refractivity contribution in [3.63, 3.8) is 0 Å². The molecule has 0 saturated carbocycles. The van der Waals surface area contributed by atoms with Gasteiger partial charge in [-0.1, -0.05) is 36.8 Å². The first-order valence-corrected chi connectivity index (χ1v) is 4.72. The van der Waals surface area contributed by atoms with E-state index in [1.807, 2.05) is 0 Å². The molecule has 0 atom stereocenters. The van der Waals surface area contributed by atoms with E-state index < -0.39 is 0 Å². The lowest BCUT2D eigenvalue weighted by Crippen LogP contribution is -1.77. The summed E-state index contributed by atoms with van der Waals surface area (Å²) in [7, 11) is 0. The number of benzene rings is 1. The van der Waals surface area contributed by atoms with Crippen LogP contribution in [0.25, 0.3) is 0 Å². The van der Waals surface area contributed by atoms with Gasteiger partial charge < -0.3 is 0 Å². The average Bonchev–Trinajstić information content (AvgIpc) is 2.10. The van der Waals surface area contributed by atoms with Gasteiger partial charge in [0.25, 0.3) is 0 Å². The van der Waals surface area contributed by atoms with E-state index in [1.165, 1.54) is 11.1 Å². The first kappa shape index (κ1) is 10.6. The van der Waals surface area contributed by atoms with Gasteiger partial charge in [-0.25, -0.2) is 0 Å². The van der Waals surface area contributed by atoms with Crippen LogP contribution >= 0.6 is 12.6 Å². The summed E-state index contributed by atoms with van der Waals surface area (Å²) in [5.41, 5.74) is 2.76. The predicted octanol–water partition coefficient (Wildman–Crippen LogP) is 3.10. The summed E-state index contributed by atoms with van der Waals surface area (Å²) in [5.74, 6) is 0. The Balaban J connectivity index is 0.000000461. The first-order valence-electron chi connectivity index (χ1n) is 3.83. The molecule has 0 heterocycles. The Morgan fingerprint density at radius 3 is 1.91 bits per heavy atom. The molecule has 0 nitrogen and oxygen atoms in total. The molecule has 0 aromatic heterocycles. The minimum Gasteiger partial charge on any atom is -0.183 e. The van der Waals surface area contributed by atoms with E-state index in [0.717, 1.165) is 6.42 Å². The third kappa shape index (κ3) is 4.10. The molecule has 0 saturated heterocycles. The molecule has 0 bridgehead atoms. The van der Waals surface area contributed by atoms with E-state index in [9.17, 15) is 0 Å². The van der Waals surface area contributed by atoms with E-state index in [0.29, 0.717) is 0 Å². The standard InChI is InChI=1S/C9H12.CH4S/c1-3-9-6-4-8(2)5-7-9;1-2/h4-7H,3H2,1-2H3;2H,1H3. The third-order valence-electron chi connectivity index (χ3n) is 1.53. The first-order chi connectivity index (χ1) is 5.33. The van der Waals surface area contributed by atoms with Crippen molar-refractivity contribution in [3.8, 4) is 0 Å². The van der Waals surface area contributed by atoms with Crippen LogP contribution in [0, 0.1) is 6.92 Å². The largest absolute Gasteiger partial charge is 0.183 e. The lowest BCUT2D eigenvalue weighted by molar-refractivity contribution is 1.14. The van der Waals surface area contributed by atoms with E-state index >= 15 is 0 Å². The van der Waals surface area contributed by atoms with Crippen LogP contribution in [0.15, 0.2) is 24.3 Å². The highest BCUT2D eigenvalue weighted by Gasteiger charge is 1.84. The highest BCUT2D eigenvalue weighted by atomic mass is 32.1. The summed E-state index contributed by atoms with van der Waals surface area (Å²) in [6.45, 7) is 4.28. The second-order valence-corrected chi connectivity index (χ2v) is 2.34. The normalized spacial score (nSPS) is 8.36. The Morgan fingerprint density at radius 1 is 1.09 bits per heavy atom. The molecule has 0 aliphatic heterocycles. The van der Waals surface area contributed by atoms with Crippen molar-refractivity contribution in [2.24, 2.45) is 0 Å². The van der Waals surface area contributed by atoms with Gasteiger partial charge in [0, 0.05) is 0 Å². The number of thiol groups is 1. The van der Waals surface area contributed by atoms with E-state index in [4.69, 9.17) is 0 Å². The number of rotatable bonds is 1. The van der Waals surface area contributed by atoms with Crippen LogP contribution in [-0.2, 0) is 6.42 Å². The summed E-state index contributed by atoms with van der Waals surface area (Å²) in [6.07, 6.45) is 2.83. The van der Waals surface area contributed by atoms with Gasteiger partial charge in [-0.05, 0) is 25.2 Å². The monoisotopic (exact) mass is 168 g/mol. The molecule has 1 heteroatoms. The van der Waals surface area contributed by atoms with Gasteiger partial charge in [-0.15, -0.1) is 0 Å². The Hall–Kier alpha value is -0.430. The Morgan fingerprint density at radius 2 is 1.55 bits per heavy atom. The van der Waals surface area contributed by atoms with Gasteiger partial charge in [-0.3, -0.25) is 0 Å². The summed E-state index contributed by atoms with van der Waals surface area (Å²) in [5, 5.41) is 0. The van der Waals surface area contributed by atoms with Crippen LogP contribution in [0.5, 0.6) is 0 Å². The van der Waals surface area contributed by atoms with Crippen LogP contribution in [0.2, 0.25) is 0 Å². The Kier molecular flexibility index (Phi) is 6.05. The van der Waals surface area contributed by atoms with Crippen LogP contribution in [0.3, 0.4) is 0 Å². The fourth-order valence-corrected chi connectivity index (χ4v) is 0.824. The maximum atomic E-state index is 3.53. The van der Waals surface area contributed by atoms with Gasteiger partial charge in [0.05, 0.1) is 0 Å². The molecule has 0 spiro atoms. The van der Waals surface area contributed by atoms with Gasteiger partial charge in [0.2, 0.25) is 0 Å². The molecule has 1 rings (SSSR count). The number of aryl methyl sites for hydroxylation is 2. The van der Waals surface area contributed by atoms with E-state index in [-0.39, 0.29) is 0 Å². The quantitative estimate of drug-likeness (QED) is 0.612. The van der Waals surface area contributed by atoms with Crippen LogP contribution < -0.4 is 0 Å². The van der Waals surface area contributed by atoms with E-state index in [2.05, 4.69) is 50.7 Å².